The molecule has 0 N–H and O–H groups in total. The lowest BCUT2D eigenvalue weighted by atomic mass is 10.3. The molecule has 0 saturated heterocycles. The fourth-order valence-electron chi connectivity index (χ4n) is 1.21. The highest BCUT2D eigenvalue weighted by molar-refractivity contribution is 7.88. The molecule has 11 heteroatoms. The molecule has 6 nitrogen and oxygen atoms in total. The summed E-state index contributed by atoms with van der Waals surface area (Å²) in [6.45, 7) is 0. The van der Waals surface area contributed by atoms with Gasteiger partial charge in [-0.1, -0.05) is 6.07 Å². The standard InChI is InChI=1S/C9H10Cl3NO5SSi/c10-5-20(6-11,7-12)18-19(16,17)9-3-1-2-8(4-9)13(14)15/h1-4H,5-7H2. The molecule has 0 unspecified atom stereocenters. The number of benzene rings is 1. The number of hydrogen-bond donors (Lipinski definition) is 0. The van der Waals surface area contributed by atoms with Gasteiger partial charge in [0.05, 0.1) is 9.82 Å². The molecule has 0 aliphatic rings. The van der Waals surface area contributed by atoms with Crippen LogP contribution in [0.2, 0.25) is 0 Å². The van der Waals surface area contributed by atoms with Gasteiger partial charge in [0.25, 0.3) is 24.1 Å². The maximum atomic E-state index is 12.1. The highest BCUT2D eigenvalue weighted by Gasteiger charge is 2.39. The summed E-state index contributed by atoms with van der Waals surface area (Å²) >= 11 is 17.1. The van der Waals surface area contributed by atoms with Crippen molar-refractivity contribution in [1.82, 2.24) is 0 Å². The second kappa shape index (κ2) is 7.06. The highest BCUT2D eigenvalue weighted by atomic mass is 35.5. The van der Waals surface area contributed by atoms with Crippen molar-refractivity contribution in [3.63, 3.8) is 0 Å². The van der Waals surface area contributed by atoms with Crippen molar-refractivity contribution in [3.05, 3.63) is 34.4 Å². The number of non-ortho nitro benzene ring substituents is 1. The van der Waals surface area contributed by atoms with E-state index in [4.69, 9.17) is 38.7 Å². The van der Waals surface area contributed by atoms with Crippen molar-refractivity contribution in [2.75, 3.05) is 16.5 Å². The molecule has 0 spiro atoms. The smallest absolute Gasteiger partial charge is 0.287 e. The van der Waals surface area contributed by atoms with E-state index in [1.807, 2.05) is 0 Å². The van der Waals surface area contributed by atoms with Crippen molar-refractivity contribution in [2.24, 2.45) is 0 Å². The van der Waals surface area contributed by atoms with Gasteiger partial charge in [-0.3, -0.25) is 10.1 Å². The fourth-order valence-corrected chi connectivity index (χ4v) is 8.49. The Bertz CT molecular complexity index is 585. The molecule has 112 valence electrons. The summed E-state index contributed by atoms with van der Waals surface area (Å²) in [6.07, 6.45) is 0. The largest absolute Gasteiger partial charge is 0.307 e. The molecular weight excluding hydrogens is 369 g/mol. The Labute approximate surface area is 132 Å². The molecule has 0 amide bonds. The fraction of sp³-hybridized carbons (Fsp3) is 0.333. The molecule has 0 saturated carbocycles. The molecule has 0 aliphatic heterocycles. The van der Waals surface area contributed by atoms with E-state index in [0.717, 1.165) is 6.07 Å². The van der Waals surface area contributed by atoms with Crippen molar-refractivity contribution < 1.29 is 17.2 Å². The summed E-state index contributed by atoms with van der Waals surface area (Å²) in [5.41, 5.74) is -0.666. The van der Waals surface area contributed by atoms with E-state index in [0.29, 0.717) is 0 Å². The van der Waals surface area contributed by atoms with E-state index in [2.05, 4.69) is 0 Å². The molecule has 0 atom stereocenters. The molecule has 0 fully saturated rings. The zero-order chi connectivity index (χ0) is 15.4. The predicted molar refractivity (Wildman–Crippen MR) is 79.3 cm³/mol. The summed E-state index contributed by atoms with van der Waals surface area (Å²) in [5.74, 6) is 0. The molecule has 0 radical (unpaired) electrons. The lowest BCUT2D eigenvalue weighted by Gasteiger charge is -2.23. The lowest BCUT2D eigenvalue weighted by Crippen LogP contribution is -2.48. The van der Waals surface area contributed by atoms with Crippen molar-refractivity contribution in [2.45, 2.75) is 4.90 Å². The lowest BCUT2D eigenvalue weighted by molar-refractivity contribution is -0.385. The molecule has 0 bridgehead atoms. The number of nitro groups is 1. The molecule has 0 aliphatic carbocycles. The number of nitro benzene ring substituents is 1. The number of halogens is 3. The van der Waals surface area contributed by atoms with Gasteiger partial charge in [-0.05, 0) is 6.07 Å². The summed E-state index contributed by atoms with van der Waals surface area (Å²) in [6, 6.07) is 4.53. The first-order chi connectivity index (χ1) is 9.30. The van der Waals surface area contributed by atoms with Gasteiger partial charge < -0.3 is 3.87 Å². The summed E-state index contributed by atoms with van der Waals surface area (Å²) in [5, 5.41) is 10.6. The number of hydrogen-bond acceptors (Lipinski definition) is 5. The third-order valence-electron chi connectivity index (χ3n) is 2.33. The third-order valence-corrected chi connectivity index (χ3v) is 11.3. The molecule has 1 aromatic rings. The van der Waals surface area contributed by atoms with Gasteiger partial charge in [0.15, 0.2) is 0 Å². The molecular formula is C9H10Cl3NO5SSi. The Morgan fingerprint density at radius 3 is 2.20 bits per heavy atom. The monoisotopic (exact) mass is 377 g/mol. The molecule has 0 aromatic heterocycles. The second-order valence-corrected chi connectivity index (χ2v) is 11.5. The van der Waals surface area contributed by atoms with E-state index >= 15 is 0 Å². The van der Waals surface area contributed by atoms with Crippen LogP contribution in [-0.4, -0.2) is 38.2 Å². The number of nitrogens with zero attached hydrogens (tertiary/aromatic N) is 1. The average molecular weight is 379 g/mol. The third kappa shape index (κ3) is 4.06. The number of alkyl halides is 3. The minimum absolute atomic E-state index is 0.103. The molecule has 0 heterocycles. The quantitative estimate of drug-likeness (QED) is 0.315. The first kappa shape index (κ1) is 17.7. The van der Waals surface area contributed by atoms with Crippen molar-refractivity contribution >= 4 is 58.9 Å². The van der Waals surface area contributed by atoms with Crippen molar-refractivity contribution in [3.8, 4) is 0 Å². The first-order valence-corrected chi connectivity index (χ1v) is 10.7. The maximum Gasteiger partial charge on any atom is 0.287 e. The average Bonchev–Trinajstić information content (AvgIpc) is 2.45. The summed E-state index contributed by atoms with van der Waals surface area (Å²) < 4.78 is 29.3. The van der Waals surface area contributed by atoms with Gasteiger partial charge >= 0.3 is 0 Å². The van der Waals surface area contributed by atoms with Gasteiger partial charge in [0, 0.05) is 28.6 Å². The van der Waals surface area contributed by atoms with E-state index in [1.54, 1.807) is 0 Å². The van der Waals surface area contributed by atoms with E-state index in [9.17, 15) is 18.5 Å². The maximum absolute atomic E-state index is 12.1. The van der Waals surface area contributed by atoms with Crippen LogP contribution < -0.4 is 0 Å². The zero-order valence-corrected chi connectivity index (χ0v) is 14.0. The number of rotatable bonds is 7. The van der Waals surface area contributed by atoms with E-state index in [1.165, 1.54) is 18.2 Å². The van der Waals surface area contributed by atoms with Gasteiger partial charge in [-0.15, -0.1) is 34.8 Å². The Kier molecular flexibility index (Phi) is 6.23. The van der Waals surface area contributed by atoms with Gasteiger partial charge in [0.1, 0.15) is 0 Å². The minimum Gasteiger partial charge on any atom is -0.307 e. The SMILES string of the molecule is O=[N+]([O-])c1cccc(S(=O)(=O)O[Si](CCl)(CCl)CCl)c1. The molecule has 20 heavy (non-hydrogen) atoms. The minimum atomic E-state index is -4.21. The molecule has 1 rings (SSSR count). The predicted octanol–water partition coefficient (Wildman–Crippen LogP) is 2.58. The normalized spacial score (nSPS) is 12.3. The van der Waals surface area contributed by atoms with Crippen LogP contribution in [0.25, 0.3) is 0 Å². The van der Waals surface area contributed by atoms with Crippen LogP contribution in [-0.2, 0) is 14.0 Å². The van der Waals surface area contributed by atoms with Crippen LogP contribution in [0.5, 0.6) is 0 Å². The van der Waals surface area contributed by atoms with Gasteiger partial charge in [0.2, 0.25) is 0 Å². The van der Waals surface area contributed by atoms with Crippen LogP contribution in [0.3, 0.4) is 0 Å². The van der Waals surface area contributed by atoms with Crippen LogP contribution in [0, 0.1) is 10.1 Å². The van der Waals surface area contributed by atoms with Crippen LogP contribution >= 0.6 is 34.8 Å². The topological polar surface area (TPSA) is 86.5 Å². The first-order valence-electron chi connectivity index (χ1n) is 5.18. The van der Waals surface area contributed by atoms with Gasteiger partial charge in [-0.2, -0.15) is 8.42 Å². The van der Waals surface area contributed by atoms with Crippen LogP contribution in [0.4, 0.5) is 5.69 Å². The second-order valence-electron chi connectivity index (χ2n) is 3.88. The van der Waals surface area contributed by atoms with Crippen LogP contribution in [0.15, 0.2) is 29.2 Å². The summed E-state index contributed by atoms with van der Waals surface area (Å²) in [7, 11) is -7.25. The van der Waals surface area contributed by atoms with Crippen molar-refractivity contribution in [1.29, 1.82) is 0 Å². The van der Waals surface area contributed by atoms with E-state index < -0.39 is 23.4 Å². The zero-order valence-electron chi connectivity index (χ0n) is 9.96. The Hall–Kier alpha value is -0.383. The highest BCUT2D eigenvalue weighted by Crippen LogP contribution is 2.24. The van der Waals surface area contributed by atoms with E-state index in [-0.39, 0.29) is 27.1 Å². The molecule has 1 aromatic carbocycles. The van der Waals surface area contributed by atoms with Gasteiger partial charge in [-0.25, -0.2) is 0 Å². The Morgan fingerprint density at radius 2 is 1.75 bits per heavy atom. The summed E-state index contributed by atoms with van der Waals surface area (Å²) in [4.78, 5) is 9.62. The Balaban J connectivity index is 3.17. The Morgan fingerprint density at radius 1 is 1.20 bits per heavy atom. The van der Waals surface area contributed by atoms with Crippen LogP contribution in [0.1, 0.15) is 0 Å².